The van der Waals surface area contributed by atoms with E-state index < -0.39 is 35.6 Å². The maximum Gasteiger partial charge on any atom is 0.338 e. The van der Waals surface area contributed by atoms with E-state index in [1.54, 1.807) is 30.3 Å². The van der Waals surface area contributed by atoms with Crippen molar-refractivity contribution in [3.05, 3.63) is 95.3 Å². The molecule has 0 fully saturated rings. The summed E-state index contributed by atoms with van der Waals surface area (Å²) in [6.45, 7) is 1.35. The van der Waals surface area contributed by atoms with Crippen molar-refractivity contribution in [3.63, 3.8) is 0 Å². The van der Waals surface area contributed by atoms with Crippen LogP contribution < -0.4 is 10.2 Å². The van der Waals surface area contributed by atoms with Crippen molar-refractivity contribution in [1.29, 1.82) is 0 Å². The van der Waals surface area contributed by atoms with Crippen LogP contribution in [0.2, 0.25) is 0 Å². The molecule has 0 spiro atoms. The van der Waals surface area contributed by atoms with Crippen LogP contribution in [0.5, 0.6) is 0 Å². The van der Waals surface area contributed by atoms with E-state index in [-0.39, 0.29) is 28.1 Å². The lowest BCUT2D eigenvalue weighted by atomic mass is 10.1. The van der Waals surface area contributed by atoms with Crippen LogP contribution in [0.25, 0.3) is 0 Å². The highest BCUT2D eigenvalue weighted by atomic mass is 19.1. The standard InChI is InChI=1S/C24H17FN2O5/c1-14(21(28)26-20-12-5-4-11-19(20)25)32-24(31)15-7-6-8-16(13-15)27-22(29)17-9-2-3-10-18(17)23(27)30/h2-14H,1H3,(H,26,28). The minimum absolute atomic E-state index is 0.0342. The van der Waals surface area contributed by atoms with Crippen LogP contribution in [0, 0.1) is 5.82 Å². The number of hydrogen-bond donors (Lipinski definition) is 1. The van der Waals surface area contributed by atoms with Crippen LogP contribution in [-0.2, 0) is 9.53 Å². The minimum atomic E-state index is -1.22. The topological polar surface area (TPSA) is 92.8 Å². The van der Waals surface area contributed by atoms with Gasteiger partial charge in [-0.3, -0.25) is 14.4 Å². The van der Waals surface area contributed by atoms with E-state index in [9.17, 15) is 23.6 Å². The van der Waals surface area contributed by atoms with Gasteiger partial charge in [-0.25, -0.2) is 14.1 Å². The van der Waals surface area contributed by atoms with Crippen molar-refractivity contribution in [2.45, 2.75) is 13.0 Å². The predicted molar refractivity (Wildman–Crippen MR) is 114 cm³/mol. The summed E-state index contributed by atoms with van der Waals surface area (Å²) in [6, 6.07) is 17.8. The Morgan fingerprint density at radius 2 is 1.53 bits per heavy atom. The number of halogens is 1. The third kappa shape index (κ3) is 3.85. The fourth-order valence-corrected chi connectivity index (χ4v) is 3.27. The molecule has 32 heavy (non-hydrogen) atoms. The molecule has 3 aromatic rings. The van der Waals surface area contributed by atoms with E-state index in [0.717, 1.165) is 4.90 Å². The van der Waals surface area contributed by atoms with Gasteiger partial charge < -0.3 is 10.1 Å². The first-order valence-electron chi connectivity index (χ1n) is 9.71. The second-order valence-electron chi connectivity index (χ2n) is 7.06. The van der Waals surface area contributed by atoms with Gasteiger partial charge in [0.1, 0.15) is 5.82 Å². The lowest BCUT2D eigenvalue weighted by Crippen LogP contribution is -2.31. The maximum absolute atomic E-state index is 13.7. The minimum Gasteiger partial charge on any atom is -0.449 e. The van der Waals surface area contributed by atoms with Crippen LogP contribution in [0.3, 0.4) is 0 Å². The number of anilines is 2. The normalized spacial score (nSPS) is 13.5. The highest BCUT2D eigenvalue weighted by Gasteiger charge is 2.36. The number of fused-ring (bicyclic) bond motifs is 1. The first kappa shape index (κ1) is 20.9. The molecule has 0 saturated carbocycles. The third-order valence-corrected chi connectivity index (χ3v) is 4.92. The SMILES string of the molecule is CC(OC(=O)c1cccc(N2C(=O)c3ccccc3C2=O)c1)C(=O)Nc1ccccc1F. The molecule has 0 radical (unpaired) electrons. The largest absolute Gasteiger partial charge is 0.449 e. The summed E-state index contributed by atoms with van der Waals surface area (Å²) in [5.41, 5.74) is 0.777. The van der Waals surface area contributed by atoms with Gasteiger partial charge in [-0.1, -0.05) is 30.3 Å². The van der Waals surface area contributed by atoms with Crippen LogP contribution in [0.4, 0.5) is 15.8 Å². The number of benzene rings is 3. The lowest BCUT2D eigenvalue weighted by molar-refractivity contribution is -0.123. The third-order valence-electron chi connectivity index (χ3n) is 4.92. The summed E-state index contributed by atoms with van der Waals surface area (Å²) in [6.07, 6.45) is -1.22. The summed E-state index contributed by atoms with van der Waals surface area (Å²) < 4.78 is 18.9. The Morgan fingerprint density at radius 3 is 2.19 bits per heavy atom. The van der Waals surface area contributed by atoms with Crippen LogP contribution in [0.15, 0.2) is 72.8 Å². The first-order chi connectivity index (χ1) is 15.4. The van der Waals surface area contributed by atoms with Crippen molar-refractivity contribution in [3.8, 4) is 0 Å². The van der Waals surface area contributed by atoms with E-state index >= 15 is 0 Å². The van der Waals surface area contributed by atoms with Gasteiger partial charge in [0.05, 0.1) is 28.1 Å². The molecule has 0 aliphatic carbocycles. The number of nitrogens with zero attached hydrogens (tertiary/aromatic N) is 1. The predicted octanol–water partition coefficient (Wildman–Crippen LogP) is 3.81. The van der Waals surface area contributed by atoms with E-state index in [2.05, 4.69) is 5.32 Å². The molecule has 1 N–H and O–H groups in total. The molecule has 1 atom stereocenters. The Bertz CT molecular complexity index is 1220. The zero-order valence-corrected chi connectivity index (χ0v) is 16.9. The number of nitrogens with one attached hydrogen (secondary N) is 1. The summed E-state index contributed by atoms with van der Waals surface area (Å²) in [5.74, 6) is -3.14. The van der Waals surface area contributed by atoms with Gasteiger partial charge >= 0.3 is 5.97 Å². The Labute approximate surface area is 182 Å². The van der Waals surface area contributed by atoms with Crippen LogP contribution in [0.1, 0.15) is 38.0 Å². The summed E-state index contributed by atoms with van der Waals surface area (Å²) >= 11 is 0. The van der Waals surface area contributed by atoms with Gasteiger partial charge in [0.2, 0.25) is 0 Å². The Kier molecular flexibility index (Phi) is 5.51. The molecular formula is C24H17FN2O5. The molecule has 1 aliphatic rings. The second-order valence-corrected chi connectivity index (χ2v) is 7.06. The van der Waals surface area contributed by atoms with E-state index in [1.807, 2.05) is 0 Å². The molecule has 3 aromatic carbocycles. The number of imide groups is 1. The van der Waals surface area contributed by atoms with E-state index in [0.29, 0.717) is 0 Å². The smallest absolute Gasteiger partial charge is 0.338 e. The van der Waals surface area contributed by atoms with Crippen molar-refractivity contribution in [2.75, 3.05) is 10.2 Å². The van der Waals surface area contributed by atoms with Gasteiger partial charge in [-0.15, -0.1) is 0 Å². The molecule has 8 heteroatoms. The van der Waals surface area contributed by atoms with Gasteiger partial charge in [-0.2, -0.15) is 0 Å². The number of carbonyl (C=O) groups excluding carboxylic acids is 4. The number of hydrogen-bond acceptors (Lipinski definition) is 5. The first-order valence-corrected chi connectivity index (χ1v) is 9.71. The number of esters is 1. The molecule has 1 unspecified atom stereocenters. The average Bonchev–Trinajstić information content (AvgIpc) is 3.05. The van der Waals surface area contributed by atoms with Gasteiger partial charge in [0.15, 0.2) is 6.10 Å². The fraction of sp³-hybridized carbons (Fsp3) is 0.0833. The molecular weight excluding hydrogens is 415 g/mol. The summed E-state index contributed by atoms with van der Waals surface area (Å²) in [7, 11) is 0. The molecule has 0 bridgehead atoms. The highest BCUT2D eigenvalue weighted by Crippen LogP contribution is 2.29. The molecule has 3 amide bonds. The number of ether oxygens (including phenoxy) is 1. The monoisotopic (exact) mass is 432 g/mol. The van der Waals surface area contributed by atoms with E-state index in [4.69, 9.17) is 4.74 Å². The van der Waals surface area contributed by atoms with E-state index in [1.165, 1.54) is 49.4 Å². The number of carbonyl (C=O) groups is 4. The second kappa shape index (κ2) is 8.43. The Hall–Kier alpha value is -4.33. The molecule has 1 aliphatic heterocycles. The van der Waals surface area contributed by atoms with Crippen LogP contribution in [-0.4, -0.2) is 29.8 Å². The fourth-order valence-electron chi connectivity index (χ4n) is 3.27. The zero-order valence-electron chi connectivity index (χ0n) is 16.9. The van der Waals surface area contributed by atoms with Crippen molar-refractivity contribution in [2.24, 2.45) is 0 Å². The molecule has 1 heterocycles. The highest BCUT2D eigenvalue weighted by molar-refractivity contribution is 6.34. The van der Waals surface area contributed by atoms with Crippen molar-refractivity contribution < 1.29 is 28.3 Å². The van der Waals surface area contributed by atoms with Crippen LogP contribution >= 0.6 is 0 Å². The van der Waals surface area contributed by atoms with Crippen molar-refractivity contribution >= 4 is 35.1 Å². The molecule has 7 nitrogen and oxygen atoms in total. The Morgan fingerprint density at radius 1 is 0.906 bits per heavy atom. The molecule has 0 aromatic heterocycles. The quantitative estimate of drug-likeness (QED) is 0.489. The average molecular weight is 432 g/mol. The number of para-hydroxylation sites is 1. The summed E-state index contributed by atoms with van der Waals surface area (Å²) in [5, 5.41) is 2.36. The van der Waals surface area contributed by atoms with Gasteiger partial charge in [0.25, 0.3) is 17.7 Å². The van der Waals surface area contributed by atoms with Crippen molar-refractivity contribution in [1.82, 2.24) is 0 Å². The van der Waals surface area contributed by atoms with Gasteiger partial charge in [-0.05, 0) is 49.4 Å². The molecule has 160 valence electrons. The molecule has 0 saturated heterocycles. The lowest BCUT2D eigenvalue weighted by Gasteiger charge is -2.16. The number of rotatable bonds is 5. The zero-order chi connectivity index (χ0) is 22.8. The summed E-state index contributed by atoms with van der Waals surface area (Å²) in [4.78, 5) is 51.1. The maximum atomic E-state index is 13.7. The van der Waals surface area contributed by atoms with Gasteiger partial charge in [0, 0.05) is 0 Å². The molecule has 4 rings (SSSR count). The number of amides is 3. The Balaban J connectivity index is 1.48.